The average molecular weight is 328 g/mol. The Hall–Kier alpha value is -1.27. The number of benzene rings is 1. The molecule has 0 saturated heterocycles. The first kappa shape index (κ1) is 14.1. The van der Waals surface area contributed by atoms with Crippen LogP contribution in [0.15, 0.2) is 27.2 Å². The number of aromatic nitrogens is 2. The standard InChI is InChI=1S/C13H15BrFN3O/c1-3-7(2)11(16)13-17-12(18-19-13)9-5-4-8(15)6-10(9)14/h4-7,11H,3,16H2,1-2H3/t7?,11-/m0/s1. The molecule has 1 aromatic carbocycles. The summed E-state index contributed by atoms with van der Waals surface area (Å²) in [4.78, 5) is 4.28. The van der Waals surface area contributed by atoms with E-state index in [-0.39, 0.29) is 17.8 Å². The van der Waals surface area contributed by atoms with Crippen LogP contribution >= 0.6 is 15.9 Å². The lowest BCUT2D eigenvalue weighted by molar-refractivity contribution is 0.312. The van der Waals surface area contributed by atoms with Crippen LogP contribution in [0.4, 0.5) is 4.39 Å². The molecule has 0 spiro atoms. The van der Waals surface area contributed by atoms with E-state index in [1.807, 2.05) is 6.92 Å². The van der Waals surface area contributed by atoms with Gasteiger partial charge in [0.1, 0.15) is 5.82 Å². The maximum Gasteiger partial charge on any atom is 0.244 e. The highest BCUT2D eigenvalue weighted by Crippen LogP contribution is 2.28. The number of hydrogen-bond donors (Lipinski definition) is 1. The zero-order chi connectivity index (χ0) is 14.0. The van der Waals surface area contributed by atoms with E-state index >= 15 is 0 Å². The SMILES string of the molecule is CCC(C)[C@H](N)c1nc(-c2ccc(F)cc2Br)no1. The smallest absolute Gasteiger partial charge is 0.244 e. The Labute approximate surface area is 119 Å². The summed E-state index contributed by atoms with van der Waals surface area (Å²) in [6.45, 7) is 4.08. The first-order valence-electron chi connectivity index (χ1n) is 6.07. The van der Waals surface area contributed by atoms with E-state index in [9.17, 15) is 4.39 Å². The van der Waals surface area contributed by atoms with Gasteiger partial charge in [-0.2, -0.15) is 4.98 Å². The van der Waals surface area contributed by atoms with Gasteiger partial charge < -0.3 is 10.3 Å². The summed E-state index contributed by atoms with van der Waals surface area (Å²) < 4.78 is 18.8. The van der Waals surface area contributed by atoms with Crippen molar-refractivity contribution in [2.45, 2.75) is 26.3 Å². The first-order valence-corrected chi connectivity index (χ1v) is 6.86. The van der Waals surface area contributed by atoms with Gasteiger partial charge in [0.15, 0.2) is 0 Å². The Kier molecular flexibility index (Phi) is 4.31. The van der Waals surface area contributed by atoms with Gasteiger partial charge in [0.25, 0.3) is 0 Å². The highest BCUT2D eigenvalue weighted by molar-refractivity contribution is 9.10. The highest BCUT2D eigenvalue weighted by Gasteiger charge is 2.21. The first-order chi connectivity index (χ1) is 9.02. The van der Waals surface area contributed by atoms with E-state index in [0.29, 0.717) is 21.8 Å². The Bertz CT molecular complexity index is 573. The lowest BCUT2D eigenvalue weighted by Crippen LogP contribution is -2.18. The predicted octanol–water partition coefficient (Wildman–Crippen LogP) is 3.68. The number of halogens is 2. The van der Waals surface area contributed by atoms with E-state index in [1.165, 1.54) is 12.1 Å². The fourth-order valence-electron chi connectivity index (χ4n) is 1.65. The molecule has 0 bridgehead atoms. The average Bonchev–Trinajstić information content (AvgIpc) is 2.86. The van der Waals surface area contributed by atoms with Crippen molar-refractivity contribution >= 4 is 15.9 Å². The number of rotatable bonds is 4. The van der Waals surface area contributed by atoms with Crippen LogP contribution in [0, 0.1) is 11.7 Å². The van der Waals surface area contributed by atoms with Gasteiger partial charge in [-0.3, -0.25) is 0 Å². The zero-order valence-corrected chi connectivity index (χ0v) is 12.3. The summed E-state index contributed by atoms with van der Waals surface area (Å²) in [6, 6.07) is 4.03. The monoisotopic (exact) mass is 327 g/mol. The maximum absolute atomic E-state index is 13.0. The van der Waals surface area contributed by atoms with Gasteiger partial charge in [0.05, 0.1) is 6.04 Å². The molecule has 102 valence electrons. The lowest BCUT2D eigenvalue weighted by Gasteiger charge is -2.12. The molecule has 0 fully saturated rings. The van der Waals surface area contributed by atoms with E-state index in [4.69, 9.17) is 10.3 Å². The molecule has 0 aliphatic rings. The molecule has 2 rings (SSSR count). The van der Waals surface area contributed by atoms with E-state index in [0.717, 1.165) is 6.42 Å². The molecule has 0 amide bonds. The van der Waals surface area contributed by atoms with Crippen LogP contribution in [-0.2, 0) is 0 Å². The van der Waals surface area contributed by atoms with E-state index < -0.39 is 0 Å². The normalized spacial score (nSPS) is 14.4. The minimum atomic E-state index is -0.323. The van der Waals surface area contributed by atoms with Crippen molar-refractivity contribution in [1.29, 1.82) is 0 Å². The molecule has 0 radical (unpaired) electrons. The molecule has 1 aromatic heterocycles. The minimum Gasteiger partial charge on any atom is -0.337 e. The molecule has 0 aliphatic heterocycles. The van der Waals surface area contributed by atoms with Crippen LogP contribution in [0.25, 0.3) is 11.4 Å². The number of nitrogens with two attached hydrogens (primary N) is 1. The molecule has 2 aromatic rings. The maximum atomic E-state index is 13.0. The summed E-state index contributed by atoms with van der Waals surface area (Å²) in [5, 5.41) is 3.90. The molecule has 1 heterocycles. The van der Waals surface area contributed by atoms with Crippen LogP contribution in [0.1, 0.15) is 32.2 Å². The molecular weight excluding hydrogens is 313 g/mol. The van der Waals surface area contributed by atoms with Gasteiger partial charge in [-0.1, -0.05) is 25.4 Å². The van der Waals surface area contributed by atoms with Crippen LogP contribution in [0.5, 0.6) is 0 Å². The molecule has 0 aliphatic carbocycles. The Morgan fingerprint density at radius 1 is 1.47 bits per heavy atom. The van der Waals surface area contributed by atoms with Gasteiger partial charge in [-0.25, -0.2) is 4.39 Å². The summed E-state index contributed by atoms with van der Waals surface area (Å²) in [6.07, 6.45) is 0.930. The molecule has 1 unspecified atom stereocenters. The third-order valence-electron chi connectivity index (χ3n) is 3.16. The lowest BCUT2D eigenvalue weighted by atomic mass is 10.0. The van der Waals surface area contributed by atoms with Crippen LogP contribution in [0.3, 0.4) is 0 Å². The second-order valence-electron chi connectivity index (χ2n) is 4.49. The van der Waals surface area contributed by atoms with Crippen LogP contribution < -0.4 is 5.73 Å². The van der Waals surface area contributed by atoms with Crippen molar-refractivity contribution in [2.75, 3.05) is 0 Å². The molecule has 19 heavy (non-hydrogen) atoms. The largest absolute Gasteiger partial charge is 0.337 e. The van der Waals surface area contributed by atoms with Gasteiger partial charge in [-0.05, 0) is 40.0 Å². The third-order valence-corrected chi connectivity index (χ3v) is 3.81. The zero-order valence-electron chi connectivity index (χ0n) is 10.7. The summed E-state index contributed by atoms with van der Waals surface area (Å²) in [5.74, 6) is 0.738. The number of nitrogens with zero attached hydrogens (tertiary/aromatic N) is 2. The van der Waals surface area contributed by atoms with Crippen LogP contribution in [0.2, 0.25) is 0 Å². The topological polar surface area (TPSA) is 64.9 Å². The van der Waals surface area contributed by atoms with Crippen molar-refractivity contribution in [3.05, 3.63) is 34.4 Å². The summed E-state index contributed by atoms with van der Waals surface area (Å²) in [5.41, 5.74) is 6.71. The minimum absolute atomic E-state index is 0.255. The molecule has 0 saturated carbocycles. The summed E-state index contributed by atoms with van der Waals surface area (Å²) in [7, 11) is 0. The van der Waals surface area contributed by atoms with Crippen molar-refractivity contribution in [1.82, 2.24) is 10.1 Å². The fraction of sp³-hybridized carbons (Fsp3) is 0.385. The highest BCUT2D eigenvalue weighted by atomic mass is 79.9. The fourth-order valence-corrected chi connectivity index (χ4v) is 2.18. The Morgan fingerprint density at radius 2 is 2.21 bits per heavy atom. The van der Waals surface area contributed by atoms with Crippen molar-refractivity contribution in [2.24, 2.45) is 11.7 Å². The molecule has 2 N–H and O–H groups in total. The molecular formula is C13H15BrFN3O. The second-order valence-corrected chi connectivity index (χ2v) is 5.35. The molecule has 6 heteroatoms. The van der Waals surface area contributed by atoms with Gasteiger partial charge in [0.2, 0.25) is 11.7 Å². The summed E-state index contributed by atoms with van der Waals surface area (Å²) >= 11 is 3.28. The van der Waals surface area contributed by atoms with Crippen molar-refractivity contribution in [3.63, 3.8) is 0 Å². The second kappa shape index (κ2) is 5.79. The Balaban J connectivity index is 2.30. The van der Waals surface area contributed by atoms with Crippen LogP contribution in [-0.4, -0.2) is 10.1 Å². The molecule has 2 atom stereocenters. The Morgan fingerprint density at radius 3 is 2.84 bits per heavy atom. The third kappa shape index (κ3) is 3.01. The van der Waals surface area contributed by atoms with Gasteiger partial charge in [0, 0.05) is 10.0 Å². The molecule has 4 nitrogen and oxygen atoms in total. The van der Waals surface area contributed by atoms with E-state index in [2.05, 4.69) is 33.0 Å². The van der Waals surface area contributed by atoms with E-state index in [1.54, 1.807) is 6.07 Å². The van der Waals surface area contributed by atoms with Crippen molar-refractivity contribution < 1.29 is 8.91 Å². The van der Waals surface area contributed by atoms with Gasteiger partial charge in [-0.15, -0.1) is 0 Å². The number of hydrogen-bond acceptors (Lipinski definition) is 4. The quantitative estimate of drug-likeness (QED) is 0.930. The van der Waals surface area contributed by atoms with Gasteiger partial charge >= 0.3 is 0 Å². The van der Waals surface area contributed by atoms with Crippen molar-refractivity contribution in [3.8, 4) is 11.4 Å². The predicted molar refractivity (Wildman–Crippen MR) is 73.8 cm³/mol.